The fourth-order valence-corrected chi connectivity index (χ4v) is 2.02. The van der Waals surface area contributed by atoms with Crippen molar-refractivity contribution in [1.82, 2.24) is 0 Å². The van der Waals surface area contributed by atoms with Gasteiger partial charge in [-0.3, -0.25) is 0 Å². The molecule has 0 rings (SSSR count). The summed E-state index contributed by atoms with van der Waals surface area (Å²) in [7, 11) is 0. The van der Waals surface area contributed by atoms with E-state index in [1.54, 1.807) is 0 Å². The summed E-state index contributed by atoms with van der Waals surface area (Å²) in [5.74, 6) is 0.720. The first kappa shape index (κ1) is 13.9. The second-order valence-corrected chi connectivity index (χ2v) is 4.38. The third-order valence-corrected chi connectivity index (χ3v) is 2.69. The minimum Gasteiger partial charge on any atom is -0.393 e. The molecule has 0 amide bonds. The van der Waals surface area contributed by atoms with Gasteiger partial charge in [-0.15, -0.1) is 0 Å². The third kappa shape index (κ3) is 8.52. The molecule has 3 N–H and O–H groups in total. The van der Waals surface area contributed by atoms with E-state index in [0.29, 0.717) is 0 Å². The Labute approximate surface area is 88.9 Å². The molecule has 0 aromatic heterocycles. The number of unbranched alkanes of at least 4 members (excludes halogenated alkanes) is 2. The van der Waals surface area contributed by atoms with E-state index in [1.165, 1.54) is 32.1 Å². The van der Waals surface area contributed by atoms with Crippen LogP contribution < -0.4 is 5.73 Å². The summed E-state index contributed by atoms with van der Waals surface area (Å²) in [6.45, 7) is 4.92. The molecule has 0 heterocycles. The van der Waals surface area contributed by atoms with Crippen molar-refractivity contribution in [3.8, 4) is 0 Å². The van der Waals surface area contributed by atoms with Gasteiger partial charge >= 0.3 is 0 Å². The van der Waals surface area contributed by atoms with Crippen molar-refractivity contribution in [2.24, 2.45) is 11.7 Å². The summed E-state index contributed by atoms with van der Waals surface area (Å²) < 4.78 is 0. The smallest absolute Gasteiger partial charge is 0.0514 e. The first-order valence-corrected chi connectivity index (χ1v) is 6.08. The summed E-state index contributed by atoms with van der Waals surface area (Å²) in [6, 6.07) is 0. The highest BCUT2D eigenvalue weighted by atomic mass is 16.3. The van der Waals surface area contributed by atoms with E-state index in [-0.39, 0.29) is 6.10 Å². The number of aliphatic hydroxyl groups is 1. The first-order chi connectivity index (χ1) is 6.70. The second-order valence-electron chi connectivity index (χ2n) is 4.38. The maximum atomic E-state index is 9.33. The lowest BCUT2D eigenvalue weighted by atomic mass is 9.91. The van der Waals surface area contributed by atoms with Gasteiger partial charge in [-0.1, -0.05) is 39.0 Å². The number of hydrogen-bond donors (Lipinski definition) is 2. The molecule has 2 atom stereocenters. The Kier molecular flexibility index (Phi) is 9.42. The van der Waals surface area contributed by atoms with Gasteiger partial charge in [-0.2, -0.15) is 0 Å². The second kappa shape index (κ2) is 9.47. The SMILES string of the molecule is CCCC(CCCCCN)CC(C)O. The van der Waals surface area contributed by atoms with Crippen molar-refractivity contribution in [2.75, 3.05) is 6.54 Å². The lowest BCUT2D eigenvalue weighted by Gasteiger charge is -2.17. The Morgan fingerprint density at radius 2 is 1.86 bits per heavy atom. The zero-order valence-corrected chi connectivity index (χ0v) is 9.84. The molecule has 0 aliphatic heterocycles. The molecular formula is C12H27NO. The average Bonchev–Trinajstić information content (AvgIpc) is 2.12. The van der Waals surface area contributed by atoms with E-state index >= 15 is 0 Å². The van der Waals surface area contributed by atoms with Crippen LogP contribution in [-0.4, -0.2) is 17.8 Å². The van der Waals surface area contributed by atoms with Crippen molar-refractivity contribution in [3.05, 3.63) is 0 Å². The highest BCUT2D eigenvalue weighted by Crippen LogP contribution is 2.20. The van der Waals surface area contributed by atoms with Gasteiger partial charge in [-0.25, -0.2) is 0 Å². The van der Waals surface area contributed by atoms with Gasteiger partial charge in [0.1, 0.15) is 0 Å². The van der Waals surface area contributed by atoms with Gasteiger partial charge in [-0.05, 0) is 32.2 Å². The Morgan fingerprint density at radius 1 is 1.14 bits per heavy atom. The van der Waals surface area contributed by atoms with E-state index in [9.17, 15) is 5.11 Å². The van der Waals surface area contributed by atoms with Crippen molar-refractivity contribution in [2.45, 2.75) is 64.9 Å². The quantitative estimate of drug-likeness (QED) is 0.563. The molecule has 2 nitrogen and oxygen atoms in total. The lowest BCUT2D eigenvalue weighted by Crippen LogP contribution is -2.10. The van der Waals surface area contributed by atoms with Crippen LogP contribution in [0.1, 0.15) is 58.8 Å². The average molecular weight is 201 g/mol. The molecule has 0 spiro atoms. The van der Waals surface area contributed by atoms with Crippen LogP contribution >= 0.6 is 0 Å². The van der Waals surface area contributed by atoms with E-state index in [1.807, 2.05) is 6.92 Å². The van der Waals surface area contributed by atoms with Gasteiger partial charge in [0.15, 0.2) is 0 Å². The maximum absolute atomic E-state index is 9.33. The largest absolute Gasteiger partial charge is 0.393 e. The summed E-state index contributed by atoms with van der Waals surface area (Å²) in [4.78, 5) is 0. The minimum atomic E-state index is -0.138. The summed E-state index contributed by atoms with van der Waals surface area (Å²) in [5.41, 5.74) is 5.44. The molecule has 0 radical (unpaired) electrons. The van der Waals surface area contributed by atoms with Crippen LogP contribution in [0.25, 0.3) is 0 Å². The molecule has 14 heavy (non-hydrogen) atoms. The molecule has 0 saturated carbocycles. The van der Waals surface area contributed by atoms with Crippen LogP contribution in [0.2, 0.25) is 0 Å². The fraction of sp³-hybridized carbons (Fsp3) is 1.00. The first-order valence-electron chi connectivity index (χ1n) is 6.08. The highest BCUT2D eigenvalue weighted by molar-refractivity contribution is 4.62. The van der Waals surface area contributed by atoms with Crippen LogP contribution in [0, 0.1) is 5.92 Å². The molecule has 0 saturated heterocycles. The predicted octanol–water partition coefficient (Wildman–Crippen LogP) is 2.69. The van der Waals surface area contributed by atoms with E-state index < -0.39 is 0 Å². The van der Waals surface area contributed by atoms with E-state index in [2.05, 4.69) is 6.92 Å². The third-order valence-electron chi connectivity index (χ3n) is 2.69. The van der Waals surface area contributed by atoms with Crippen molar-refractivity contribution >= 4 is 0 Å². The molecule has 0 fully saturated rings. The van der Waals surface area contributed by atoms with Gasteiger partial charge in [0.05, 0.1) is 6.10 Å². The fourth-order valence-electron chi connectivity index (χ4n) is 2.02. The van der Waals surface area contributed by atoms with Gasteiger partial charge in [0.2, 0.25) is 0 Å². The van der Waals surface area contributed by atoms with Gasteiger partial charge < -0.3 is 10.8 Å². The standard InChI is InChI=1S/C12H27NO/c1-3-7-12(10-11(2)14)8-5-4-6-9-13/h11-12,14H,3-10,13H2,1-2H3. The highest BCUT2D eigenvalue weighted by Gasteiger charge is 2.10. The molecule has 0 aromatic rings. The molecule has 0 aromatic carbocycles. The Hall–Kier alpha value is -0.0800. The molecule has 2 heteroatoms. The summed E-state index contributed by atoms with van der Waals surface area (Å²) >= 11 is 0. The molecular weight excluding hydrogens is 174 g/mol. The number of nitrogens with two attached hydrogens (primary N) is 1. The number of hydrogen-bond acceptors (Lipinski definition) is 2. The van der Waals surface area contributed by atoms with Gasteiger partial charge in [0.25, 0.3) is 0 Å². The molecule has 0 aliphatic carbocycles. The topological polar surface area (TPSA) is 46.2 Å². The lowest BCUT2D eigenvalue weighted by molar-refractivity contribution is 0.153. The molecule has 0 bridgehead atoms. The Morgan fingerprint density at radius 3 is 2.36 bits per heavy atom. The van der Waals surface area contributed by atoms with Crippen LogP contribution in [-0.2, 0) is 0 Å². The zero-order chi connectivity index (χ0) is 10.8. The van der Waals surface area contributed by atoms with Crippen molar-refractivity contribution in [1.29, 1.82) is 0 Å². The minimum absolute atomic E-state index is 0.138. The zero-order valence-electron chi connectivity index (χ0n) is 9.84. The Balaban J connectivity index is 3.51. The molecule has 86 valence electrons. The monoisotopic (exact) mass is 201 g/mol. The number of rotatable bonds is 9. The number of aliphatic hydroxyl groups excluding tert-OH is 1. The Bertz CT molecular complexity index is 115. The summed E-state index contributed by atoms with van der Waals surface area (Å²) in [5, 5.41) is 9.33. The van der Waals surface area contributed by atoms with E-state index in [0.717, 1.165) is 25.3 Å². The van der Waals surface area contributed by atoms with Crippen LogP contribution in [0.5, 0.6) is 0 Å². The molecule has 2 unspecified atom stereocenters. The van der Waals surface area contributed by atoms with Crippen molar-refractivity contribution < 1.29 is 5.11 Å². The normalized spacial score (nSPS) is 15.4. The maximum Gasteiger partial charge on any atom is 0.0514 e. The van der Waals surface area contributed by atoms with Crippen molar-refractivity contribution in [3.63, 3.8) is 0 Å². The van der Waals surface area contributed by atoms with E-state index in [4.69, 9.17) is 5.73 Å². The summed E-state index contributed by atoms with van der Waals surface area (Å²) in [6.07, 6.45) is 8.25. The van der Waals surface area contributed by atoms with Crippen LogP contribution in [0.3, 0.4) is 0 Å². The molecule has 0 aliphatic rings. The van der Waals surface area contributed by atoms with Crippen LogP contribution in [0.4, 0.5) is 0 Å². The van der Waals surface area contributed by atoms with Crippen LogP contribution in [0.15, 0.2) is 0 Å². The van der Waals surface area contributed by atoms with Gasteiger partial charge in [0, 0.05) is 0 Å². The predicted molar refractivity (Wildman–Crippen MR) is 62.2 cm³/mol.